The molecule has 0 atom stereocenters. The van der Waals surface area contributed by atoms with E-state index < -0.39 is 0 Å². The van der Waals surface area contributed by atoms with Crippen LogP contribution in [0.2, 0.25) is 0 Å². The summed E-state index contributed by atoms with van der Waals surface area (Å²) in [6, 6.07) is 1.95. The van der Waals surface area contributed by atoms with Crippen LogP contribution in [0.15, 0.2) is 22.1 Å². The molecule has 0 aliphatic heterocycles. The number of hydrogen-bond donors (Lipinski definition) is 0. The van der Waals surface area contributed by atoms with E-state index >= 15 is 0 Å². The van der Waals surface area contributed by atoms with Crippen LogP contribution in [-0.4, -0.2) is 19.5 Å². The number of rotatable bonds is 3. The molecule has 98 valence electrons. The van der Waals surface area contributed by atoms with Crippen LogP contribution in [0.5, 0.6) is 0 Å². The fourth-order valence-corrected chi connectivity index (χ4v) is 3.07. The number of pyridine rings is 1. The molecular formula is C12H10BrClN4S. The summed E-state index contributed by atoms with van der Waals surface area (Å²) in [6.45, 7) is 2.65. The monoisotopic (exact) mass is 356 g/mol. The normalized spacial score (nSPS) is 11.3. The van der Waals surface area contributed by atoms with Gasteiger partial charge in [-0.1, -0.05) is 0 Å². The van der Waals surface area contributed by atoms with Gasteiger partial charge in [-0.3, -0.25) is 0 Å². The molecule has 0 aliphatic rings. The van der Waals surface area contributed by atoms with E-state index in [1.807, 2.05) is 17.6 Å². The lowest BCUT2D eigenvalue weighted by atomic mass is 10.4. The summed E-state index contributed by atoms with van der Waals surface area (Å²) in [4.78, 5) is 13.4. The molecule has 0 amide bonds. The summed E-state index contributed by atoms with van der Waals surface area (Å²) in [6.07, 6.45) is 1.77. The van der Waals surface area contributed by atoms with Crippen molar-refractivity contribution in [2.45, 2.75) is 19.3 Å². The summed E-state index contributed by atoms with van der Waals surface area (Å²) < 4.78 is 2.93. The Hall–Kier alpha value is -0.980. The van der Waals surface area contributed by atoms with E-state index in [9.17, 15) is 0 Å². The van der Waals surface area contributed by atoms with E-state index in [2.05, 4.69) is 36.3 Å². The first kappa shape index (κ1) is 13.0. The van der Waals surface area contributed by atoms with Crippen molar-refractivity contribution in [2.75, 3.05) is 0 Å². The topological polar surface area (TPSA) is 43.6 Å². The zero-order valence-corrected chi connectivity index (χ0v) is 13.3. The van der Waals surface area contributed by atoms with E-state index in [0.717, 1.165) is 32.2 Å². The Morgan fingerprint density at radius 2 is 2.26 bits per heavy atom. The standard InChI is InChI=1S/C12H10BrClN4S/c1-7-16-9(6-19-7)5-18-11(3-14)17-10-2-8(13)4-15-12(10)18/h2,4,6H,3,5H2,1H3. The Morgan fingerprint density at radius 3 is 2.95 bits per heavy atom. The second kappa shape index (κ2) is 5.19. The lowest BCUT2D eigenvalue weighted by Crippen LogP contribution is -2.05. The number of imidazole rings is 1. The predicted molar refractivity (Wildman–Crippen MR) is 80.7 cm³/mol. The SMILES string of the molecule is Cc1nc(Cn2c(CCl)nc3cc(Br)cnc32)cs1. The van der Waals surface area contributed by atoms with Crippen molar-refractivity contribution in [1.29, 1.82) is 0 Å². The van der Waals surface area contributed by atoms with E-state index in [1.165, 1.54) is 0 Å². The van der Waals surface area contributed by atoms with Crippen molar-refractivity contribution in [3.63, 3.8) is 0 Å². The highest BCUT2D eigenvalue weighted by atomic mass is 79.9. The summed E-state index contributed by atoms with van der Waals surface area (Å²) in [5.41, 5.74) is 2.69. The van der Waals surface area contributed by atoms with Gasteiger partial charge in [0.05, 0.1) is 23.1 Å². The van der Waals surface area contributed by atoms with Crippen molar-refractivity contribution in [2.24, 2.45) is 0 Å². The molecule has 3 aromatic heterocycles. The molecule has 7 heteroatoms. The summed E-state index contributed by atoms with van der Waals surface area (Å²) in [5, 5.41) is 3.11. The maximum atomic E-state index is 5.97. The minimum atomic E-state index is 0.358. The maximum absolute atomic E-state index is 5.97. The van der Waals surface area contributed by atoms with Crippen molar-refractivity contribution >= 4 is 50.0 Å². The highest BCUT2D eigenvalue weighted by Crippen LogP contribution is 2.21. The first-order chi connectivity index (χ1) is 9.17. The summed E-state index contributed by atoms with van der Waals surface area (Å²) in [7, 11) is 0. The molecule has 0 bridgehead atoms. The third-order valence-electron chi connectivity index (χ3n) is 2.74. The fourth-order valence-electron chi connectivity index (χ4n) is 1.94. The van der Waals surface area contributed by atoms with Crippen molar-refractivity contribution in [3.8, 4) is 0 Å². The molecule has 4 nitrogen and oxygen atoms in total. The molecule has 3 rings (SSSR count). The van der Waals surface area contributed by atoms with Gasteiger partial charge < -0.3 is 4.57 Å². The zero-order chi connectivity index (χ0) is 13.4. The van der Waals surface area contributed by atoms with Crippen molar-refractivity contribution < 1.29 is 0 Å². The Kier molecular flexibility index (Phi) is 3.56. The van der Waals surface area contributed by atoms with Crippen LogP contribution < -0.4 is 0 Å². The first-order valence-electron chi connectivity index (χ1n) is 5.65. The molecule has 19 heavy (non-hydrogen) atoms. The van der Waals surface area contributed by atoms with E-state index in [0.29, 0.717) is 12.4 Å². The number of aryl methyl sites for hydroxylation is 1. The van der Waals surface area contributed by atoms with Gasteiger partial charge in [0.2, 0.25) is 0 Å². The van der Waals surface area contributed by atoms with Gasteiger partial charge in [-0.05, 0) is 28.9 Å². The van der Waals surface area contributed by atoms with E-state index in [4.69, 9.17) is 11.6 Å². The fraction of sp³-hybridized carbons (Fsp3) is 0.250. The van der Waals surface area contributed by atoms with Crippen LogP contribution in [0.25, 0.3) is 11.2 Å². The predicted octanol–water partition coefficient (Wildman–Crippen LogP) is 3.75. The van der Waals surface area contributed by atoms with Gasteiger partial charge in [-0.25, -0.2) is 15.0 Å². The van der Waals surface area contributed by atoms with Gasteiger partial charge >= 0.3 is 0 Å². The van der Waals surface area contributed by atoms with Crippen molar-refractivity contribution in [3.05, 3.63) is 38.6 Å². The minimum absolute atomic E-state index is 0.358. The minimum Gasteiger partial charge on any atom is -0.306 e. The summed E-state index contributed by atoms with van der Waals surface area (Å²) in [5.74, 6) is 1.17. The number of thiazole rings is 1. The maximum Gasteiger partial charge on any atom is 0.160 e. The van der Waals surface area contributed by atoms with Crippen LogP contribution in [0.1, 0.15) is 16.5 Å². The average molecular weight is 358 g/mol. The molecule has 0 fully saturated rings. The molecule has 0 aliphatic carbocycles. The first-order valence-corrected chi connectivity index (χ1v) is 7.85. The van der Waals surface area contributed by atoms with Crippen LogP contribution in [-0.2, 0) is 12.4 Å². The van der Waals surface area contributed by atoms with Gasteiger partial charge in [0.25, 0.3) is 0 Å². The second-order valence-corrected chi connectivity index (χ2v) is 6.35. The Bertz CT molecular complexity index is 736. The van der Waals surface area contributed by atoms with Gasteiger partial charge in [-0.15, -0.1) is 22.9 Å². The Morgan fingerprint density at radius 1 is 1.42 bits per heavy atom. The average Bonchev–Trinajstić information content (AvgIpc) is 2.94. The highest BCUT2D eigenvalue weighted by Gasteiger charge is 2.13. The van der Waals surface area contributed by atoms with E-state index in [1.54, 1.807) is 17.5 Å². The number of hydrogen-bond acceptors (Lipinski definition) is 4. The molecule has 0 aromatic carbocycles. The zero-order valence-electron chi connectivity index (χ0n) is 10.1. The third-order valence-corrected chi connectivity index (χ3v) is 4.23. The van der Waals surface area contributed by atoms with Crippen LogP contribution in [0.3, 0.4) is 0 Å². The molecule has 0 N–H and O–H groups in total. The second-order valence-electron chi connectivity index (χ2n) is 4.10. The molecule has 0 radical (unpaired) electrons. The van der Waals surface area contributed by atoms with Crippen LogP contribution >= 0.6 is 38.9 Å². The van der Waals surface area contributed by atoms with Crippen LogP contribution in [0, 0.1) is 6.92 Å². The Balaban J connectivity index is 2.10. The molecule has 0 unspecified atom stereocenters. The molecule has 0 spiro atoms. The number of aromatic nitrogens is 4. The number of halogens is 2. The largest absolute Gasteiger partial charge is 0.306 e. The molecule has 3 heterocycles. The van der Waals surface area contributed by atoms with E-state index in [-0.39, 0.29) is 0 Å². The highest BCUT2D eigenvalue weighted by molar-refractivity contribution is 9.10. The third kappa shape index (κ3) is 2.52. The Labute approximate surface area is 127 Å². The number of alkyl halides is 1. The lowest BCUT2D eigenvalue weighted by molar-refractivity contribution is 0.753. The molecule has 0 saturated carbocycles. The molecule has 3 aromatic rings. The van der Waals surface area contributed by atoms with Gasteiger partial charge in [-0.2, -0.15) is 0 Å². The lowest BCUT2D eigenvalue weighted by Gasteiger charge is -2.04. The van der Waals surface area contributed by atoms with Crippen LogP contribution in [0.4, 0.5) is 0 Å². The summed E-state index contributed by atoms with van der Waals surface area (Å²) >= 11 is 11.0. The molecule has 0 saturated heterocycles. The number of nitrogens with zero attached hydrogens (tertiary/aromatic N) is 4. The van der Waals surface area contributed by atoms with Gasteiger partial charge in [0.15, 0.2) is 5.65 Å². The van der Waals surface area contributed by atoms with Gasteiger partial charge in [0.1, 0.15) is 11.3 Å². The van der Waals surface area contributed by atoms with Crippen molar-refractivity contribution in [1.82, 2.24) is 19.5 Å². The quantitative estimate of drug-likeness (QED) is 0.671. The van der Waals surface area contributed by atoms with Gasteiger partial charge in [0, 0.05) is 16.0 Å². The number of fused-ring (bicyclic) bond motifs is 1. The smallest absolute Gasteiger partial charge is 0.160 e. The molecular weight excluding hydrogens is 348 g/mol.